The maximum absolute atomic E-state index is 12.9. The summed E-state index contributed by atoms with van der Waals surface area (Å²) < 4.78 is 0.554. The minimum atomic E-state index is -0.580. The third-order valence-corrected chi connectivity index (χ3v) is 6.08. The Morgan fingerprint density at radius 1 is 1.21 bits per heavy atom. The summed E-state index contributed by atoms with van der Waals surface area (Å²) in [4.78, 5) is 28.2. The van der Waals surface area contributed by atoms with E-state index in [1.807, 2.05) is 18.2 Å². The lowest BCUT2D eigenvalue weighted by Gasteiger charge is -2.20. The van der Waals surface area contributed by atoms with E-state index < -0.39 is 6.04 Å². The van der Waals surface area contributed by atoms with Crippen LogP contribution >= 0.6 is 22.9 Å². The summed E-state index contributed by atoms with van der Waals surface area (Å²) in [6.45, 7) is 4.17. The average Bonchev–Trinajstić information content (AvgIpc) is 3.37. The molecule has 2 N–H and O–H groups in total. The van der Waals surface area contributed by atoms with Crippen molar-refractivity contribution in [1.82, 2.24) is 5.32 Å². The van der Waals surface area contributed by atoms with Crippen LogP contribution in [0.3, 0.4) is 0 Å². The summed E-state index contributed by atoms with van der Waals surface area (Å²) in [5, 5.41) is 5.84. The van der Waals surface area contributed by atoms with Gasteiger partial charge in [-0.1, -0.05) is 37.4 Å². The number of hydrogen-bond donors (Lipinski definition) is 2. The molecule has 0 saturated carbocycles. The molecule has 1 aliphatic heterocycles. The molecule has 5 nitrogen and oxygen atoms in total. The van der Waals surface area contributed by atoms with Crippen molar-refractivity contribution < 1.29 is 9.59 Å². The highest BCUT2D eigenvalue weighted by Crippen LogP contribution is 2.24. The highest BCUT2D eigenvalue weighted by Gasteiger charge is 2.22. The van der Waals surface area contributed by atoms with Gasteiger partial charge >= 0.3 is 0 Å². The molecular formula is C21H26ClN3O2S. The number of nitrogens with zero attached hydrogens (tertiary/aromatic N) is 1. The maximum Gasteiger partial charge on any atom is 0.262 e. The zero-order valence-corrected chi connectivity index (χ0v) is 17.6. The molecule has 0 radical (unpaired) electrons. The van der Waals surface area contributed by atoms with E-state index in [9.17, 15) is 9.59 Å². The number of carbonyl (C=O) groups is 2. The Labute approximate surface area is 175 Å². The number of hydrogen-bond acceptors (Lipinski definition) is 4. The molecular weight excluding hydrogens is 394 g/mol. The third kappa shape index (κ3) is 5.49. The molecule has 0 aliphatic carbocycles. The van der Waals surface area contributed by atoms with Gasteiger partial charge in [-0.05, 0) is 49.6 Å². The number of carbonyl (C=O) groups excluding carboxylic acids is 2. The van der Waals surface area contributed by atoms with Crippen molar-refractivity contribution in [2.24, 2.45) is 0 Å². The maximum atomic E-state index is 12.9. The Kier molecular flexibility index (Phi) is 7.34. The monoisotopic (exact) mass is 419 g/mol. The molecule has 3 rings (SSSR count). The zero-order valence-electron chi connectivity index (χ0n) is 16.0. The quantitative estimate of drug-likeness (QED) is 0.637. The first-order valence-corrected chi connectivity index (χ1v) is 11.0. The average molecular weight is 420 g/mol. The number of rotatable bonds is 8. The van der Waals surface area contributed by atoms with Crippen LogP contribution in [0.1, 0.15) is 48.7 Å². The Hall–Kier alpha value is -2.05. The van der Waals surface area contributed by atoms with Gasteiger partial charge < -0.3 is 15.5 Å². The molecule has 150 valence electrons. The molecule has 1 atom stereocenters. The highest BCUT2D eigenvalue weighted by atomic mass is 35.5. The first kappa shape index (κ1) is 20.7. The van der Waals surface area contributed by atoms with Gasteiger partial charge in [-0.25, -0.2) is 0 Å². The van der Waals surface area contributed by atoms with Gasteiger partial charge in [0.15, 0.2) is 0 Å². The summed E-state index contributed by atoms with van der Waals surface area (Å²) >= 11 is 7.13. The molecule has 1 aliphatic rings. The molecule has 0 spiro atoms. The Morgan fingerprint density at radius 3 is 2.68 bits per heavy atom. The summed E-state index contributed by atoms with van der Waals surface area (Å²) in [5.41, 5.74) is 1.88. The van der Waals surface area contributed by atoms with Crippen LogP contribution in [0.4, 0.5) is 11.4 Å². The summed E-state index contributed by atoms with van der Waals surface area (Å²) in [7, 11) is 0. The van der Waals surface area contributed by atoms with Crippen LogP contribution in [0.15, 0.2) is 36.4 Å². The van der Waals surface area contributed by atoms with E-state index in [1.54, 1.807) is 12.1 Å². The molecule has 1 saturated heterocycles. The predicted octanol–water partition coefficient (Wildman–Crippen LogP) is 4.93. The lowest BCUT2D eigenvalue weighted by molar-refractivity contribution is -0.118. The van der Waals surface area contributed by atoms with Gasteiger partial charge in [0.05, 0.1) is 9.21 Å². The van der Waals surface area contributed by atoms with E-state index >= 15 is 0 Å². The molecule has 1 unspecified atom stereocenters. The third-order valence-electron chi connectivity index (χ3n) is 4.85. The highest BCUT2D eigenvalue weighted by molar-refractivity contribution is 7.18. The van der Waals surface area contributed by atoms with Crippen LogP contribution in [0, 0.1) is 0 Å². The summed E-state index contributed by atoms with van der Waals surface area (Å²) in [6, 6.07) is 10.7. The van der Waals surface area contributed by atoms with Crippen LogP contribution in [0.25, 0.3) is 0 Å². The first-order valence-electron chi connectivity index (χ1n) is 9.79. The van der Waals surface area contributed by atoms with Gasteiger partial charge in [0, 0.05) is 24.5 Å². The summed E-state index contributed by atoms with van der Waals surface area (Å²) in [6.07, 6.45) is 4.81. The van der Waals surface area contributed by atoms with Gasteiger partial charge in [0.1, 0.15) is 6.04 Å². The van der Waals surface area contributed by atoms with Crippen LogP contribution in [0.5, 0.6) is 0 Å². The minimum absolute atomic E-state index is 0.192. The lowest BCUT2D eigenvalue weighted by Crippen LogP contribution is -2.43. The fourth-order valence-electron chi connectivity index (χ4n) is 3.33. The normalized spacial score (nSPS) is 14.7. The van der Waals surface area contributed by atoms with Gasteiger partial charge in [-0.15, -0.1) is 11.3 Å². The number of nitrogens with one attached hydrogen (secondary N) is 2. The summed E-state index contributed by atoms with van der Waals surface area (Å²) in [5.74, 6) is -0.456. The molecule has 2 aromatic rings. The Morgan fingerprint density at radius 2 is 2.00 bits per heavy atom. The second-order valence-corrected chi connectivity index (χ2v) is 8.72. The van der Waals surface area contributed by atoms with Crippen molar-refractivity contribution in [1.29, 1.82) is 0 Å². The van der Waals surface area contributed by atoms with Crippen LogP contribution in [-0.2, 0) is 4.79 Å². The van der Waals surface area contributed by atoms with E-state index in [-0.39, 0.29) is 11.8 Å². The molecule has 1 aromatic heterocycles. The lowest BCUT2D eigenvalue weighted by atomic mass is 10.1. The van der Waals surface area contributed by atoms with E-state index in [4.69, 9.17) is 11.6 Å². The predicted molar refractivity (Wildman–Crippen MR) is 117 cm³/mol. The largest absolute Gasteiger partial charge is 0.371 e. The number of amides is 2. The van der Waals surface area contributed by atoms with E-state index in [0.29, 0.717) is 15.6 Å². The molecule has 2 amide bonds. The number of benzene rings is 1. The molecule has 2 heterocycles. The van der Waals surface area contributed by atoms with Crippen molar-refractivity contribution in [3.8, 4) is 0 Å². The van der Waals surface area contributed by atoms with Crippen LogP contribution in [0.2, 0.25) is 4.34 Å². The Bertz CT molecular complexity index is 817. The van der Waals surface area contributed by atoms with Crippen molar-refractivity contribution in [3.05, 3.63) is 45.6 Å². The number of thiophene rings is 1. The van der Waals surface area contributed by atoms with Crippen LogP contribution < -0.4 is 15.5 Å². The first-order chi connectivity index (χ1) is 13.6. The fourth-order valence-corrected chi connectivity index (χ4v) is 4.27. The van der Waals surface area contributed by atoms with Crippen molar-refractivity contribution in [2.45, 2.75) is 45.1 Å². The topological polar surface area (TPSA) is 61.4 Å². The molecule has 7 heteroatoms. The number of anilines is 2. The van der Waals surface area contributed by atoms with Crippen molar-refractivity contribution >= 4 is 46.1 Å². The minimum Gasteiger partial charge on any atom is -0.371 e. The van der Waals surface area contributed by atoms with Gasteiger partial charge in [0.25, 0.3) is 5.91 Å². The van der Waals surface area contributed by atoms with Gasteiger partial charge in [-0.2, -0.15) is 0 Å². The molecule has 1 fully saturated rings. The standard InChI is InChI=1S/C21H26ClN3O2S/c1-2-3-9-17(24-21(27)18-10-11-19(22)28-18)20(26)23-15-7-6-8-16(14-15)25-12-4-5-13-25/h6-8,10-11,14,17H,2-5,9,12-13H2,1H3,(H,23,26)(H,24,27). The molecule has 0 bridgehead atoms. The zero-order chi connectivity index (χ0) is 19.9. The van der Waals surface area contributed by atoms with Crippen molar-refractivity contribution in [2.75, 3.05) is 23.3 Å². The smallest absolute Gasteiger partial charge is 0.262 e. The second-order valence-electron chi connectivity index (χ2n) is 7.01. The van der Waals surface area contributed by atoms with Gasteiger partial charge in [0.2, 0.25) is 5.91 Å². The van der Waals surface area contributed by atoms with Gasteiger partial charge in [-0.3, -0.25) is 9.59 Å². The number of halogens is 1. The fraction of sp³-hybridized carbons (Fsp3) is 0.429. The Balaban J connectivity index is 1.67. The molecule has 28 heavy (non-hydrogen) atoms. The molecule has 1 aromatic carbocycles. The van der Waals surface area contributed by atoms with E-state index in [1.165, 1.54) is 24.2 Å². The second kappa shape index (κ2) is 9.94. The van der Waals surface area contributed by atoms with E-state index in [0.717, 1.165) is 37.3 Å². The SMILES string of the molecule is CCCCC(NC(=O)c1ccc(Cl)s1)C(=O)Nc1cccc(N2CCCC2)c1. The van der Waals surface area contributed by atoms with Crippen molar-refractivity contribution in [3.63, 3.8) is 0 Å². The van der Waals surface area contributed by atoms with Crippen LogP contribution in [-0.4, -0.2) is 30.9 Å². The van der Waals surface area contributed by atoms with E-state index in [2.05, 4.69) is 28.5 Å². The number of unbranched alkanes of at least 4 members (excludes halogenated alkanes) is 1.